The summed E-state index contributed by atoms with van der Waals surface area (Å²) in [5.74, 6) is -0.526. The number of carbonyl (C=O) groups is 1. The quantitative estimate of drug-likeness (QED) is 0.101. The summed E-state index contributed by atoms with van der Waals surface area (Å²) in [6.07, 6.45) is 20.4. The van der Waals surface area contributed by atoms with Crippen molar-refractivity contribution in [1.29, 1.82) is 0 Å². The molecule has 0 aliphatic rings. The molecular formula is C33H43FN2O2. The van der Waals surface area contributed by atoms with Crippen molar-refractivity contribution in [3.8, 4) is 17.1 Å². The number of esters is 1. The number of unbranched alkanes of at least 4 members (excludes halogenated alkanes) is 10. The molecule has 0 aliphatic heterocycles. The van der Waals surface area contributed by atoms with Crippen molar-refractivity contribution in [2.24, 2.45) is 0 Å². The summed E-state index contributed by atoms with van der Waals surface area (Å²) in [7, 11) is 0. The van der Waals surface area contributed by atoms with Crippen molar-refractivity contribution in [2.75, 3.05) is 0 Å². The highest BCUT2D eigenvalue weighted by molar-refractivity contribution is 5.91. The molecule has 1 heterocycles. The highest BCUT2D eigenvalue weighted by atomic mass is 19.1. The Hall–Kier alpha value is -3.08. The number of nitrogens with zero attached hydrogens (tertiary/aromatic N) is 2. The summed E-state index contributed by atoms with van der Waals surface area (Å²) < 4.78 is 19.9. The van der Waals surface area contributed by atoms with Gasteiger partial charge in [-0.25, -0.2) is 19.2 Å². The van der Waals surface area contributed by atoms with Crippen LogP contribution >= 0.6 is 0 Å². The molecule has 0 atom stereocenters. The minimum Gasteiger partial charge on any atom is -0.420 e. The van der Waals surface area contributed by atoms with Crippen LogP contribution in [0.1, 0.15) is 112 Å². The maximum Gasteiger partial charge on any atom is 0.343 e. The lowest BCUT2D eigenvalue weighted by Crippen LogP contribution is -2.09. The van der Waals surface area contributed by atoms with Crippen LogP contribution < -0.4 is 4.74 Å². The summed E-state index contributed by atoms with van der Waals surface area (Å²) in [5.41, 5.74) is 3.24. The molecule has 4 nitrogen and oxygen atoms in total. The van der Waals surface area contributed by atoms with E-state index in [4.69, 9.17) is 4.74 Å². The molecule has 0 saturated carbocycles. The second-order valence-electron chi connectivity index (χ2n) is 10.2. The Bertz CT molecular complexity index is 1100. The number of ether oxygens (including phenoxy) is 1. The van der Waals surface area contributed by atoms with E-state index in [1.807, 2.05) is 18.5 Å². The molecule has 38 heavy (non-hydrogen) atoms. The number of halogens is 1. The highest BCUT2D eigenvalue weighted by Crippen LogP contribution is 2.22. The minimum absolute atomic E-state index is 0.0454. The summed E-state index contributed by atoms with van der Waals surface area (Å²) >= 11 is 0. The number of carbonyl (C=O) groups excluding carboxylic acids is 1. The van der Waals surface area contributed by atoms with Gasteiger partial charge in [0.2, 0.25) is 0 Å². The Labute approximate surface area is 228 Å². The lowest BCUT2D eigenvalue weighted by Gasteiger charge is -2.08. The van der Waals surface area contributed by atoms with Crippen molar-refractivity contribution in [3.63, 3.8) is 0 Å². The van der Waals surface area contributed by atoms with Gasteiger partial charge in [0.25, 0.3) is 0 Å². The fourth-order valence-electron chi connectivity index (χ4n) is 4.55. The van der Waals surface area contributed by atoms with E-state index >= 15 is 0 Å². The third kappa shape index (κ3) is 10.00. The first-order valence-electron chi connectivity index (χ1n) is 14.5. The normalized spacial score (nSPS) is 11.0. The van der Waals surface area contributed by atoms with Gasteiger partial charge in [0.1, 0.15) is 0 Å². The standard InChI is InChI=1S/C33H43FN2O2/c1-3-5-7-9-10-12-13-15-26-17-22-31(30(34)23-26)38-33(37)29-20-18-28(19-21-29)32-35-24-27(25-36-32)16-14-11-8-6-4-2/h17-25H,3-16H2,1-2H3. The fourth-order valence-corrected chi connectivity index (χ4v) is 4.55. The Morgan fingerprint density at radius 2 is 1.26 bits per heavy atom. The van der Waals surface area contributed by atoms with E-state index in [2.05, 4.69) is 23.8 Å². The average Bonchev–Trinajstić information content (AvgIpc) is 2.94. The predicted octanol–water partition coefficient (Wildman–Crippen LogP) is 9.31. The molecule has 0 fully saturated rings. The molecule has 0 saturated heterocycles. The first-order valence-corrected chi connectivity index (χ1v) is 14.5. The second-order valence-corrected chi connectivity index (χ2v) is 10.2. The van der Waals surface area contributed by atoms with Crippen LogP contribution in [0.15, 0.2) is 54.9 Å². The van der Waals surface area contributed by atoms with Crippen molar-refractivity contribution < 1.29 is 13.9 Å². The van der Waals surface area contributed by atoms with Gasteiger partial charge in [-0.1, -0.05) is 96.3 Å². The van der Waals surface area contributed by atoms with E-state index in [1.165, 1.54) is 63.9 Å². The number of hydrogen-bond acceptors (Lipinski definition) is 4. The zero-order valence-corrected chi connectivity index (χ0v) is 23.2. The molecule has 5 heteroatoms. The number of aromatic nitrogens is 2. The molecule has 204 valence electrons. The van der Waals surface area contributed by atoms with Crippen LogP contribution in [0.25, 0.3) is 11.4 Å². The third-order valence-corrected chi connectivity index (χ3v) is 6.92. The van der Waals surface area contributed by atoms with E-state index in [1.54, 1.807) is 30.3 Å². The molecule has 3 rings (SSSR count). The molecule has 3 aromatic rings. The van der Waals surface area contributed by atoms with Crippen molar-refractivity contribution in [2.45, 2.75) is 104 Å². The zero-order valence-electron chi connectivity index (χ0n) is 23.2. The van der Waals surface area contributed by atoms with Gasteiger partial charge in [-0.15, -0.1) is 0 Å². The Morgan fingerprint density at radius 1 is 0.711 bits per heavy atom. The van der Waals surface area contributed by atoms with Crippen LogP contribution in [0.4, 0.5) is 4.39 Å². The van der Waals surface area contributed by atoms with Gasteiger partial charge in [-0.3, -0.25) is 0 Å². The SMILES string of the molecule is CCCCCCCCCc1ccc(OC(=O)c2ccc(-c3ncc(CCCCCCC)cn3)cc2)c(F)c1. The molecule has 0 unspecified atom stereocenters. The summed E-state index contributed by atoms with van der Waals surface area (Å²) in [5, 5.41) is 0. The van der Waals surface area contributed by atoms with E-state index in [0.717, 1.165) is 48.8 Å². The average molecular weight is 519 g/mol. The van der Waals surface area contributed by atoms with Gasteiger partial charge in [0, 0.05) is 18.0 Å². The largest absolute Gasteiger partial charge is 0.420 e. The number of benzene rings is 2. The molecular weight excluding hydrogens is 475 g/mol. The third-order valence-electron chi connectivity index (χ3n) is 6.92. The lowest BCUT2D eigenvalue weighted by atomic mass is 10.0. The van der Waals surface area contributed by atoms with Crippen LogP contribution in [0.5, 0.6) is 5.75 Å². The van der Waals surface area contributed by atoms with Gasteiger partial charge < -0.3 is 4.74 Å². The van der Waals surface area contributed by atoms with Crippen LogP contribution in [-0.4, -0.2) is 15.9 Å². The van der Waals surface area contributed by atoms with E-state index < -0.39 is 11.8 Å². The van der Waals surface area contributed by atoms with Gasteiger partial charge in [-0.2, -0.15) is 0 Å². The highest BCUT2D eigenvalue weighted by Gasteiger charge is 2.13. The molecule has 0 bridgehead atoms. The van der Waals surface area contributed by atoms with E-state index in [-0.39, 0.29) is 5.75 Å². The zero-order chi connectivity index (χ0) is 27.0. The van der Waals surface area contributed by atoms with Crippen molar-refractivity contribution in [3.05, 3.63) is 77.4 Å². The number of rotatable bonds is 17. The van der Waals surface area contributed by atoms with Gasteiger partial charge in [0.05, 0.1) is 5.56 Å². The van der Waals surface area contributed by atoms with Crippen LogP contribution in [0.3, 0.4) is 0 Å². The molecule has 0 amide bonds. The first kappa shape index (κ1) is 29.5. The molecule has 2 aromatic carbocycles. The van der Waals surface area contributed by atoms with Crippen molar-refractivity contribution >= 4 is 5.97 Å². The second kappa shape index (κ2) is 16.7. The molecule has 1 aromatic heterocycles. The topological polar surface area (TPSA) is 52.1 Å². The van der Waals surface area contributed by atoms with E-state index in [0.29, 0.717) is 11.4 Å². The molecule has 0 N–H and O–H groups in total. The Kier molecular flexibility index (Phi) is 13.0. The lowest BCUT2D eigenvalue weighted by molar-refractivity contribution is 0.0728. The van der Waals surface area contributed by atoms with Crippen molar-refractivity contribution in [1.82, 2.24) is 9.97 Å². The van der Waals surface area contributed by atoms with Gasteiger partial charge >= 0.3 is 5.97 Å². The van der Waals surface area contributed by atoms with Gasteiger partial charge in [0.15, 0.2) is 17.4 Å². The Morgan fingerprint density at radius 3 is 1.84 bits per heavy atom. The van der Waals surface area contributed by atoms with Gasteiger partial charge in [-0.05, 0) is 61.1 Å². The van der Waals surface area contributed by atoms with Crippen LogP contribution in [0, 0.1) is 5.82 Å². The molecule has 0 aliphatic carbocycles. The minimum atomic E-state index is -0.588. The van der Waals surface area contributed by atoms with Crippen LogP contribution in [-0.2, 0) is 12.8 Å². The smallest absolute Gasteiger partial charge is 0.343 e. The molecule has 0 spiro atoms. The maximum atomic E-state index is 14.6. The fraction of sp³-hybridized carbons (Fsp3) is 0.485. The summed E-state index contributed by atoms with van der Waals surface area (Å²) in [6.45, 7) is 4.44. The summed E-state index contributed by atoms with van der Waals surface area (Å²) in [6, 6.07) is 11.8. The monoisotopic (exact) mass is 518 g/mol. The predicted molar refractivity (Wildman–Crippen MR) is 153 cm³/mol. The first-order chi connectivity index (χ1) is 18.6. The number of aryl methyl sites for hydroxylation is 2. The van der Waals surface area contributed by atoms with Crippen LogP contribution in [0.2, 0.25) is 0 Å². The Balaban J connectivity index is 1.47. The number of hydrogen-bond donors (Lipinski definition) is 0. The van der Waals surface area contributed by atoms with E-state index in [9.17, 15) is 9.18 Å². The maximum absolute atomic E-state index is 14.6. The molecule has 0 radical (unpaired) electrons. The summed E-state index contributed by atoms with van der Waals surface area (Å²) in [4.78, 5) is 21.6.